The van der Waals surface area contributed by atoms with Crippen LogP contribution >= 0.6 is 0 Å². The predicted octanol–water partition coefficient (Wildman–Crippen LogP) is 0.392. The van der Waals surface area contributed by atoms with Gasteiger partial charge in [-0.1, -0.05) is 0 Å². The van der Waals surface area contributed by atoms with E-state index in [4.69, 9.17) is 0 Å². The molecule has 1 aromatic heterocycles. The van der Waals surface area contributed by atoms with Crippen LogP contribution in [0.1, 0.15) is 5.56 Å². The molecule has 0 fully saturated rings. The van der Waals surface area contributed by atoms with Gasteiger partial charge in [-0.25, -0.2) is 0 Å². The van der Waals surface area contributed by atoms with Gasteiger partial charge in [0.25, 0.3) is 0 Å². The Kier molecular flexibility index (Phi) is 1.66. The molecule has 62 valence electrons. The lowest BCUT2D eigenvalue weighted by Crippen LogP contribution is -2.13. The maximum absolute atomic E-state index is 4.08. The second-order valence-electron chi connectivity index (χ2n) is 2.66. The largest absolute Gasteiger partial charge is 0.346 e. The summed E-state index contributed by atoms with van der Waals surface area (Å²) in [5.41, 5.74) is 2.18. The van der Waals surface area contributed by atoms with Crippen LogP contribution in [-0.2, 0) is 7.05 Å². The summed E-state index contributed by atoms with van der Waals surface area (Å²) in [6, 6.07) is 0. The van der Waals surface area contributed by atoms with Gasteiger partial charge in [-0.05, 0) is 6.08 Å². The monoisotopic (exact) mass is 162 g/mol. The van der Waals surface area contributed by atoms with Gasteiger partial charge in [-0.3, -0.25) is 9.67 Å². The van der Waals surface area contributed by atoms with Gasteiger partial charge in [0.2, 0.25) is 0 Å². The molecule has 0 aromatic carbocycles. The SMILES string of the molecule is Cn1cc(C2=CCN=CN2)cn1. The zero-order valence-corrected chi connectivity index (χ0v) is 6.86. The molecule has 0 unspecified atom stereocenters. The molecule has 1 aliphatic rings. The fourth-order valence-electron chi connectivity index (χ4n) is 1.13. The van der Waals surface area contributed by atoms with Crippen molar-refractivity contribution in [1.82, 2.24) is 15.1 Å². The fourth-order valence-corrected chi connectivity index (χ4v) is 1.13. The lowest BCUT2D eigenvalue weighted by molar-refractivity contribution is 0.767. The molecule has 2 heterocycles. The van der Waals surface area contributed by atoms with E-state index >= 15 is 0 Å². The Hall–Kier alpha value is -1.58. The van der Waals surface area contributed by atoms with Gasteiger partial charge in [0.15, 0.2) is 0 Å². The predicted molar refractivity (Wildman–Crippen MR) is 47.7 cm³/mol. The minimum absolute atomic E-state index is 0.747. The molecule has 4 heteroatoms. The summed E-state index contributed by atoms with van der Waals surface area (Å²) in [7, 11) is 1.90. The molecule has 12 heavy (non-hydrogen) atoms. The Bertz CT molecular complexity index is 335. The summed E-state index contributed by atoms with van der Waals surface area (Å²) in [5, 5.41) is 7.15. The van der Waals surface area contributed by atoms with Crippen molar-refractivity contribution in [2.75, 3.05) is 6.54 Å². The van der Waals surface area contributed by atoms with Crippen molar-refractivity contribution < 1.29 is 0 Å². The van der Waals surface area contributed by atoms with Crippen LogP contribution in [-0.4, -0.2) is 22.7 Å². The highest BCUT2D eigenvalue weighted by Gasteiger charge is 2.03. The van der Waals surface area contributed by atoms with Crippen LogP contribution in [0.2, 0.25) is 0 Å². The van der Waals surface area contributed by atoms with E-state index in [-0.39, 0.29) is 0 Å². The third-order valence-electron chi connectivity index (χ3n) is 1.73. The number of hydrogen-bond donors (Lipinski definition) is 1. The lowest BCUT2D eigenvalue weighted by atomic mass is 10.2. The average Bonchev–Trinajstić information content (AvgIpc) is 2.54. The van der Waals surface area contributed by atoms with E-state index in [1.54, 1.807) is 11.0 Å². The van der Waals surface area contributed by atoms with Crippen LogP contribution in [0.5, 0.6) is 0 Å². The van der Waals surface area contributed by atoms with E-state index < -0.39 is 0 Å². The number of aryl methyl sites for hydroxylation is 1. The van der Waals surface area contributed by atoms with Crippen LogP contribution in [0.25, 0.3) is 5.70 Å². The van der Waals surface area contributed by atoms with E-state index in [0.29, 0.717) is 0 Å². The summed E-state index contributed by atoms with van der Waals surface area (Å²) in [6.45, 7) is 0.747. The van der Waals surface area contributed by atoms with E-state index in [9.17, 15) is 0 Å². The Balaban J connectivity index is 2.25. The average molecular weight is 162 g/mol. The molecular weight excluding hydrogens is 152 g/mol. The van der Waals surface area contributed by atoms with Crippen molar-refractivity contribution in [2.24, 2.45) is 12.0 Å². The molecule has 2 rings (SSSR count). The Labute approximate surface area is 70.6 Å². The second-order valence-corrected chi connectivity index (χ2v) is 2.66. The maximum atomic E-state index is 4.08. The third-order valence-corrected chi connectivity index (χ3v) is 1.73. The summed E-state index contributed by atoms with van der Waals surface area (Å²) in [6.07, 6.45) is 7.55. The van der Waals surface area contributed by atoms with Gasteiger partial charge in [-0.2, -0.15) is 5.10 Å². The zero-order chi connectivity index (χ0) is 8.39. The summed E-state index contributed by atoms with van der Waals surface area (Å²) >= 11 is 0. The molecule has 0 amide bonds. The molecule has 0 saturated heterocycles. The number of nitrogens with zero attached hydrogens (tertiary/aromatic N) is 3. The first-order chi connectivity index (χ1) is 5.86. The number of aromatic nitrogens is 2. The van der Waals surface area contributed by atoms with Crippen molar-refractivity contribution in [3.05, 3.63) is 24.0 Å². The molecule has 0 atom stereocenters. The minimum atomic E-state index is 0.747. The third kappa shape index (κ3) is 1.23. The summed E-state index contributed by atoms with van der Waals surface area (Å²) < 4.78 is 1.78. The Morgan fingerprint density at radius 1 is 1.58 bits per heavy atom. The number of hydrogen-bond acceptors (Lipinski definition) is 3. The molecule has 4 nitrogen and oxygen atoms in total. The van der Waals surface area contributed by atoms with Gasteiger partial charge in [-0.15, -0.1) is 0 Å². The lowest BCUT2D eigenvalue weighted by Gasteiger charge is -2.06. The van der Waals surface area contributed by atoms with Gasteiger partial charge in [0.05, 0.1) is 19.1 Å². The minimum Gasteiger partial charge on any atom is -0.346 e. The van der Waals surface area contributed by atoms with Crippen LogP contribution in [0.15, 0.2) is 23.5 Å². The molecular formula is C8H10N4. The zero-order valence-electron chi connectivity index (χ0n) is 6.86. The van der Waals surface area contributed by atoms with Crippen LogP contribution in [0.4, 0.5) is 0 Å². The Morgan fingerprint density at radius 2 is 2.50 bits per heavy atom. The Morgan fingerprint density at radius 3 is 3.08 bits per heavy atom. The second kappa shape index (κ2) is 2.81. The molecule has 1 N–H and O–H groups in total. The van der Waals surface area contributed by atoms with Gasteiger partial charge in [0.1, 0.15) is 0 Å². The standard InChI is InChI=1S/C8H10N4/c1-12-5-7(4-11-12)8-2-3-9-6-10-8/h2,4-6H,3H2,1H3,(H,9,10). The first-order valence-corrected chi connectivity index (χ1v) is 3.80. The molecule has 0 bridgehead atoms. The van der Waals surface area contributed by atoms with Crippen molar-refractivity contribution in [3.63, 3.8) is 0 Å². The van der Waals surface area contributed by atoms with E-state index in [0.717, 1.165) is 17.8 Å². The number of aliphatic imine (C=N–C) groups is 1. The van der Waals surface area contributed by atoms with Crippen molar-refractivity contribution in [3.8, 4) is 0 Å². The smallest absolute Gasteiger partial charge is 0.0871 e. The van der Waals surface area contributed by atoms with E-state index in [2.05, 4.69) is 15.4 Å². The van der Waals surface area contributed by atoms with E-state index in [1.807, 2.05) is 25.5 Å². The molecule has 0 radical (unpaired) electrons. The first-order valence-electron chi connectivity index (χ1n) is 3.80. The molecule has 1 aliphatic heterocycles. The van der Waals surface area contributed by atoms with Gasteiger partial charge >= 0.3 is 0 Å². The fraction of sp³-hybridized carbons (Fsp3) is 0.250. The number of rotatable bonds is 1. The highest BCUT2D eigenvalue weighted by molar-refractivity contribution is 5.77. The molecule has 0 aliphatic carbocycles. The number of nitrogens with one attached hydrogen (secondary N) is 1. The summed E-state index contributed by atoms with van der Waals surface area (Å²) in [5.74, 6) is 0. The van der Waals surface area contributed by atoms with Crippen molar-refractivity contribution in [1.29, 1.82) is 0 Å². The molecule has 0 spiro atoms. The van der Waals surface area contributed by atoms with Gasteiger partial charge < -0.3 is 5.32 Å². The van der Waals surface area contributed by atoms with Crippen molar-refractivity contribution >= 4 is 12.0 Å². The highest BCUT2D eigenvalue weighted by Crippen LogP contribution is 2.10. The topological polar surface area (TPSA) is 42.2 Å². The maximum Gasteiger partial charge on any atom is 0.0871 e. The highest BCUT2D eigenvalue weighted by atomic mass is 15.2. The quantitative estimate of drug-likeness (QED) is 0.649. The molecule has 0 saturated carbocycles. The van der Waals surface area contributed by atoms with Crippen LogP contribution in [0, 0.1) is 0 Å². The van der Waals surface area contributed by atoms with Gasteiger partial charge in [0, 0.05) is 24.5 Å². The van der Waals surface area contributed by atoms with Crippen molar-refractivity contribution in [2.45, 2.75) is 0 Å². The van der Waals surface area contributed by atoms with E-state index in [1.165, 1.54) is 0 Å². The summed E-state index contributed by atoms with van der Waals surface area (Å²) in [4.78, 5) is 4.02. The van der Waals surface area contributed by atoms with Crippen LogP contribution in [0.3, 0.4) is 0 Å². The first kappa shape index (κ1) is 7.09. The van der Waals surface area contributed by atoms with Crippen LogP contribution < -0.4 is 5.32 Å². The normalized spacial score (nSPS) is 15.6. The molecule has 1 aromatic rings.